The van der Waals surface area contributed by atoms with Gasteiger partial charge in [0.1, 0.15) is 6.61 Å². The van der Waals surface area contributed by atoms with Crippen LogP contribution in [0.1, 0.15) is 11.1 Å². The molecule has 6 heteroatoms. The first-order valence-corrected chi connectivity index (χ1v) is 5.10. The third kappa shape index (κ3) is 3.19. The number of rotatable bonds is 3. The maximum Gasteiger partial charge on any atom is 0.416 e. The van der Waals surface area contributed by atoms with Crippen LogP contribution >= 0.6 is 0 Å². The Bertz CT molecular complexity index is 514. The van der Waals surface area contributed by atoms with E-state index in [2.05, 4.69) is 9.97 Å². The first-order valence-electron chi connectivity index (χ1n) is 5.10. The lowest BCUT2D eigenvalue weighted by molar-refractivity contribution is -0.137. The predicted octanol–water partition coefficient (Wildman–Crippen LogP) is 3.07. The van der Waals surface area contributed by atoms with Crippen molar-refractivity contribution in [2.24, 2.45) is 0 Å². The van der Waals surface area contributed by atoms with Gasteiger partial charge in [0.15, 0.2) is 0 Å². The second kappa shape index (κ2) is 5.03. The summed E-state index contributed by atoms with van der Waals surface area (Å²) in [6.07, 6.45) is -0.142. The Morgan fingerprint density at radius 3 is 2.67 bits per heavy atom. The average molecular weight is 254 g/mol. The Labute approximate surface area is 101 Å². The molecule has 2 aromatic rings. The molecule has 0 aromatic carbocycles. The molecule has 0 fully saturated rings. The van der Waals surface area contributed by atoms with Crippen LogP contribution in [0.15, 0.2) is 42.9 Å². The zero-order chi connectivity index (χ0) is 13.0. The number of alkyl halides is 3. The summed E-state index contributed by atoms with van der Waals surface area (Å²) in [5, 5.41) is 0. The summed E-state index contributed by atoms with van der Waals surface area (Å²) >= 11 is 0. The summed E-state index contributed by atoms with van der Waals surface area (Å²) < 4.78 is 42.5. The van der Waals surface area contributed by atoms with Crippen molar-refractivity contribution in [3.05, 3.63) is 54.0 Å². The predicted molar refractivity (Wildman–Crippen MR) is 57.8 cm³/mol. The number of halogens is 3. The Morgan fingerprint density at radius 2 is 2.00 bits per heavy atom. The highest BCUT2D eigenvalue weighted by Crippen LogP contribution is 2.30. The molecular weight excluding hydrogens is 245 g/mol. The van der Waals surface area contributed by atoms with Crippen molar-refractivity contribution in [2.45, 2.75) is 12.8 Å². The van der Waals surface area contributed by atoms with Crippen LogP contribution in [0.25, 0.3) is 0 Å². The van der Waals surface area contributed by atoms with Crippen LogP contribution in [0, 0.1) is 0 Å². The topological polar surface area (TPSA) is 35.0 Å². The first kappa shape index (κ1) is 12.3. The van der Waals surface area contributed by atoms with Crippen LogP contribution in [-0.4, -0.2) is 9.97 Å². The molecule has 0 amide bonds. The summed E-state index contributed by atoms with van der Waals surface area (Å²) in [6.45, 7) is 0.127. The molecule has 2 aromatic heterocycles. The standard InChI is InChI=1S/C12H9F3N2O/c13-12(14,15)10-3-5-17-11(6-10)18-8-9-2-1-4-16-7-9/h1-7H,8H2. The highest BCUT2D eigenvalue weighted by atomic mass is 19.4. The molecule has 0 bridgehead atoms. The largest absolute Gasteiger partial charge is 0.473 e. The van der Waals surface area contributed by atoms with E-state index in [1.807, 2.05) is 0 Å². The van der Waals surface area contributed by atoms with E-state index in [1.54, 1.807) is 24.5 Å². The Kier molecular flexibility index (Phi) is 3.45. The summed E-state index contributed by atoms with van der Waals surface area (Å²) in [5.41, 5.74) is -0.0181. The van der Waals surface area contributed by atoms with E-state index in [0.717, 1.165) is 23.9 Å². The number of aromatic nitrogens is 2. The Morgan fingerprint density at radius 1 is 1.17 bits per heavy atom. The van der Waals surface area contributed by atoms with Crippen molar-refractivity contribution in [3.63, 3.8) is 0 Å². The second-order valence-electron chi connectivity index (χ2n) is 3.53. The van der Waals surface area contributed by atoms with Gasteiger partial charge < -0.3 is 4.74 Å². The lowest BCUT2D eigenvalue weighted by atomic mass is 10.2. The summed E-state index contributed by atoms with van der Waals surface area (Å²) in [7, 11) is 0. The van der Waals surface area contributed by atoms with Gasteiger partial charge in [-0.15, -0.1) is 0 Å². The molecule has 0 radical (unpaired) electrons. The van der Waals surface area contributed by atoms with Crippen LogP contribution in [0.4, 0.5) is 13.2 Å². The van der Waals surface area contributed by atoms with Gasteiger partial charge in [0, 0.05) is 30.2 Å². The molecule has 0 aliphatic heterocycles. The van der Waals surface area contributed by atoms with E-state index < -0.39 is 11.7 Å². The molecule has 2 heterocycles. The molecule has 18 heavy (non-hydrogen) atoms. The second-order valence-corrected chi connectivity index (χ2v) is 3.53. The summed E-state index contributed by atoms with van der Waals surface area (Å²) in [5.74, 6) is -0.0614. The lowest BCUT2D eigenvalue weighted by Crippen LogP contribution is -2.06. The molecule has 0 aliphatic carbocycles. The van der Waals surface area contributed by atoms with E-state index in [-0.39, 0.29) is 12.5 Å². The van der Waals surface area contributed by atoms with Gasteiger partial charge in [-0.2, -0.15) is 13.2 Å². The van der Waals surface area contributed by atoms with Crippen LogP contribution in [0.3, 0.4) is 0 Å². The van der Waals surface area contributed by atoms with E-state index in [1.165, 1.54) is 0 Å². The highest BCUT2D eigenvalue weighted by molar-refractivity contribution is 5.23. The summed E-state index contributed by atoms with van der Waals surface area (Å²) in [6, 6.07) is 5.26. The van der Waals surface area contributed by atoms with Crippen molar-refractivity contribution in [1.29, 1.82) is 0 Å². The fraction of sp³-hybridized carbons (Fsp3) is 0.167. The average Bonchev–Trinajstić information content (AvgIpc) is 2.37. The zero-order valence-corrected chi connectivity index (χ0v) is 9.19. The molecule has 3 nitrogen and oxygen atoms in total. The number of nitrogens with zero attached hydrogens (tertiary/aromatic N) is 2. The van der Waals surface area contributed by atoms with Crippen molar-refractivity contribution in [3.8, 4) is 5.88 Å². The fourth-order valence-electron chi connectivity index (χ4n) is 1.31. The number of pyridine rings is 2. The molecule has 0 aliphatic rings. The zero-order valence-electron chi connectivity index (χ0n) is 9.19. The van der Waals surface area contributed by atoms with Gasteiger partial charge in [-0.1, -0.05) is 6.07 Å². The maximum absolute atomic E-state index is 12.4. The van der Waals surface area contributed by atoms with Gasteiger partial charge in [0.25, 0.3) is 0 Å². The van der Waals surface area contributed by atoms with Gasteiger partial charge >= 0.3 is 6.18 Å². The lowest BCUT2D eigenvalue weighted by Gasteiger charge is -2.09. The maximum atomic E-state index is 12.4. The smallest absolute Gasteiger partial charge is 0.416 e. The molecule has 0 atom stereocenters. The highest BCUT2D eigenvalue weighted by Gasteiger charge is 2.30. The quantitative estimate of drug-likeness (QED) is 0.844. The van der Waals surface area contributed by atoms with Gasteiger partial charge in [-0.25, -0.2) is 4.98 Å². The minimum absolute atomic E-state index is 0.0614. The van der Waals surface area contributed by atoms with Crippen molar-refractivity contribution < 1.29 is 17.9 Å². The van der Waals surface area contributed by atoms with E-state index in [4.69, 9.17) is 4.74 Å². The molecule has 0 N–H and O–H groups in total. The SMILES string of the molecule is FC(F)(F)c1ccnc(OCc2cccnc2)c1. The molecule has 2 rings (SSSR count). The van der Waals surface area contributed by atoms with Crippen LogP contribution in [0.5, 0.6) is 5.88 Å². The normalized spacial score (nSPS) is 11.3. The third-order valence-corrected chi connectivity index (χ3v) is 2.17. The molecule has 0 saturated heterocycles. The minimum Gasteiger partial charge on any atom is -0.473 e. The Balaban J connectivity index is 2.06. The van der Waals surface area contributed by atoms with E-state index in [0.29, 0.717) is 0 Å². The first-order chi connectivity index (χ1) is 8.55. The molecule has 0 spiro atoms. The number of hydrogen-bond acceptors (Lipinski definition) is 3. The van der Waals surface area contributed by atoms with Gasteiger partial charge in [0.2, 0.25) is 5.88 Å². The Hall–Kier alpha value is -2.11. The van der Waals surface area contributed by atoms with Crippen LogP contribution < -0.4 is 4.74 Å². The van der Waals surface area contributed by atoms with Gasteiger partial charge in [-0.3, -0.25) is 4.98 Å². The molecular formula is C12H9F3N2O. The third-order valence-electron chi connectivity index (χ3n) is 2.17. The number of hydrogen-bond donors (Lipinski definition) is 0. The van der Waals surface area contributed by atoms with Crippen molar-refractivity contribution in [1.82, 2.24) is 9.97 Å². The monoisotopic (exact) mass is 254 g/mol. The molecule has 94 valence electrons. The van der Waals surface area contributed by atoms with E-state index >= 15 is 0 Å². The van der Waals surface area contributed by atoms with Gasteiger partial charge in [-0.05, 0) is 12.1 Å². The van der Waals surface area contributed by atoms with Crippen molar-refractivity contribution in [2.75, 3.05) is 0 Å². The molecule has 0 unspecified atom stereocenters. The van der Waals surface area contributed by atoms with Crippen LogP contribution in [0.2, 0.25) is 0 Å². The molecule has 0 saturated carbocycles. The number of ether oxygens (including phenoxy) is 1. The van der Waals surface area contributed by atoms with Crippen LogP contribution in [-0.2, 0) is 12.8 Å². The van der Waals surface area contributed by atoms with E-state index in [9.17, 15) is 13.2 Å². The fourth-order valence-corrected chi connectivity index (χ4v) is 1.31. The summed E-state index contributed by atoms with van der Waals surface area (Å²) in [4.78, 5) is 7.60. The minimum atomic E-state index is -4.39. The van der Waals surface area contributed by atoms with Gasteiger partial charge in [0.05, 0.1) is 5.56 Å². The van der Waals surface area contributed by atoms with Crippen molar-refractivity contribution >= 4 is 0 Å².